The second-order valence-electron chi connectivity index (χ2n) is 7.17. The highest BCUT2D eigenvalue weighted by atomic mass is 127. The number of primary amides is 1. The fraction of sp³-hybridized carbons (Fsp3) is 0.304. The molecular formula is C23H24BrIN4O4. The van der Waals surface area contributed by atoms with E-state index in [-0.39, 0.29) is 12.2 Å². The Hall–Kier alpha value is -2.47. The van der Waals surface area contributed by atoms with Crippen LogP contribution >= 0.6 is 38.5 Å². The maximum atomic E-state index is 13.2. The zero-order valence-corrected chi connectivity index (χ0v) is 22.1. The van der Waals surface area contributed by atoms with Crippen molar-refractivity contribution in [3.8, 4) is 11.5 Å². The van der Waals surface area contributed by atoms with Crippen molar-refractivity contribution in [3.05, 3.63) is 60.1 Å². The summed E-state index contributed by atoms with van der Waals surface area (Å²) >= 11 is 5.51. The monoisotopic (exact) mass is 626 g/mol. The van der Waals surface area contributed by atoms with Crippen LogP contribution in [0.25, 0.3) is 10.9 Å². The van der Waals surface area contributed by atoms with E-state index in [0.717, 1.165) is 20.9 Å². The summed E-state index contributed by atoms with van der Waals surface area (Å²) in [6.45, 7) is 4.10. The Bertz CT molecular complexity index is 1260. The number of benzene rings is 2. The molecule has 2 aromatic carbocycles. The van der Waals surface area contributed by atoms with Crippen LogP contribution in [0.2, 0.25) is 0 Å². The van der Waals surface area contributed by atoms with Gasteiger partial charge in [-0.1, -0.05) is 29.3 Å². The number of fused-ring (bicyclic) bond motifs is 1. The van der Waals surface area contributed by atoms with Crippen molar-refractivity contribution in [2.24, 2.45) is 10.8 Å². The molecule has 0 radical (unpaired) electrons. The van der Waals surface area contributed by atoms with Crippen LogP contribution in [0.3, 0.4) is 0 Å². The first kappa shape index (κ1) is 25.2. The van der Waals surface area contributed by atoms with Gasteiger partial charge in [0.05, 0.1) is 27.3 Å². The molecule has 0 fully saturated rings. The molecule has 3 rings (SSSR count). The van der Waals surface area contributed by atoms with Gasteiger partial charge in [0.2, 0.25) is 0 Å². The van der Waals surface area contributed by atoms with E-state index < -0.39 is 5.91 Å². The summed E-state index contributed by atoms with van der Waals surface area (Å²) in [7, 11) is 0. The molecule has 0 saturated heterocycles. The number of carbonyl (C=O) groups is 1. The summed E-state index contributed by atoms with van der Waals surface area (Å²) in [5, 5.41) is 4.97. The third-order valence-electron chi connectivity index (χ3n) is 4.64. The molecular weight excluding hydrogens is 603 g/mol. The number of amides is 1. The fourth-order valence-corrected chi connectivity index (χ4v) is 4.29. The van der Waals surface area contributed by atoms with Gasteiger partial charge in [0.25, 0.3) is 11.5 Å². The lowest BCUT2D eigenvalue weighted by molar-refractivity contribution is -0.119. The van der Waals surface area contributed by atoms with Gasteiger partial charge in [-0.3, -0.25) is 9.59 Å². The Morgan fingerprint density at radius 3 is 2.76 bits per heavy atom. The first-order valence-electron chi connectivity index (χ1n) is 10.5. The number of rotatable bonds is 10. The van der Waals surface area contributed by atoms with Gasteiger partial charge >= 0.3 is 0 Å². The number of unbranched alkanes of at least 4 members (excludes halogenated alkanes) is 1. The number of carbonyl (C=O) groups excluding carboxylic acids is 1. The number of hydrogen-bond donors (Lipinski definition) is 1. The number of aryl methyl sites for hydroxylation is 1. The van der Waals surface area contributed by atoms with E-state index >= 15 is 0 Å². The number of hydrogen-bond acceptors (Lipinski definition) is 6. The summed E-state index contributed by atoms with van der Waals surface area (Å²) < 4.78 is 14.1. The number of nitrogens with zero attached hydrogens (tertiary/aromatic N) is 3. The van der Waals surface area contributed by atoms with Gasteiger partial charge in [-0.05, 0) is 71.8 Å². The molecule has 2 N–H and O–H groups in total. The summed E-state index contributed by atoms with van der Waals surface area (Å²) in [6, 6.07) is 9.01. The summed E-state index contributed by atoms with van der Waals surface area (Å²) in [4.78, 5) is 29.0. The Kier molecular flexibility index (Phi) is 8.84. The average molecular weight is 627 g/mol. The SMILES string of the molecule is CCCCc1nc2ccc(Br)cc2c(=O)n1N=Cc1cc(I)c(OCC(N)=O)c(OCC)c1. The highest BCUT2D eigenvalue weighted by Crippen LogP contribution is 2.34. The molecule has 8 nitrogen and oxygen atoms in total. The maximum absolute atomic E-state index is 13.2. The smallest absolute Gasteiger partial charge is 0.282 e. The van der Waals surface area contributed by atoms with Crippen LogP contribution in [0.1, 0.15) is 38.1 Å². The van der Waals surface area contributed by atoms with E-state index in [4.69, 9.17) is 15.2 Å². The second kappa shape index (κ2) is 11.6. The van der Waals surface area contributed by atoms with Crippen LogP contribution < -0.4 is 20.8 Å². The van der Waals surface area contributed by atoms with Crippen LogP contribution in [0.4, 0.5) is 0 Å². The molecule has 10 heteroatoms. The normalized spacial score (nSPS) is 11.3. The summed E-state index contributed by atoms with van der Waals surface area (Å²) in [6.07, 6.45) is 4.09. The van der Waals surface area contributed by atoms with Crippen molar-refractivity contribution in [3.63, 3.8) is 0 Å². The minimum Gasteiger partial charge on any atom is -0.490 e. The number of ether oxygens (including phenoxy) is 2. The van der Waals surface area contributed by atoms with E-state index in [0.29, 0.717) is 46.8 Å². The van der Waals surface area contributed by atoms with Gasteiger partial charge < -0.3 is 15.2 Å². The molecule has 0 unspecified atom stereocenters. The molecule has 0 saturated carbocycles. The molecule has 0 aliphatic rings. The zero-order valence-electron chi connectivity index (χ0n) is 18.3. The Morgan fingerprint density at radius 1 is 1.27 bits per heavy atom. The third-order valence-corrected chi connectivity index (χ3v) is 5.94. The molecule has 1 amide bonds. The molecule has 33 heavy (non-hydrogen) atoms. The van der Waals surface area contributed by atoms with Crippen molar-refractivity contribution in [1.82, 2.24) is 9.66 Å². The molecule has 0 aliphatic carbocycles. The average Bonchev–Trinajstić information content (AvgIpc) is 2.77. The van der Waals surface area contributed by atoms with Crippen LogP contribution in [0.15, 0.2) is 44.7 Å². The topological polar surface area (TPSA) is 109 Å². The van der Waals surface area contributed by atoms with Crippen molar-refractivity contribution < 1.29 is 14.3 Å². The van der Waals surface area contributed by atoms with Crippen LogP contribution in [0.5, 0.6) is 11.5 Å². The van der Waals surface area contributed by atoms with Gasteiger partial charge in [0.1, 0.15) is 5.82 Å². The molecule has 3 aromatic rings. The van der Waals surface area contributed by atoms with Crippen LogP contribution in [0, 0.1) is 3.57 Å². The molecule has 1 heterocycles. The summed E-state index contributed by atoms with van der Waals surface area (Å²) in [5.74, 6) is 0.931. The lowest BCUT2D eigenvalue weighted by atomic mass is 10.2. The molecule has 0 aliphatic heterocycles. The highest BCUT2D eigenvalue weighted by molar-refractivity contribution is 14.1. The predicted octanol–water partition coefficient (Wildman–Crippen LogP) is 4.25. The number of aromatic nitrogens is 2. The van der Waals surface area contributed by atoms with Crippen LogP contribution in [-0.2, 0) is 11.2 Å². The molecule has 174 valence electrons. The number of halogens is 2. The Balaban J connectivity index is 2.06. The molecule has 0 bridgehead atoms. The highest BCUT2D eigenvalue weighted by Gasteiger charge is 2.14. The van der Waals surface area contributed by atoms with Gasteiger partial charge in [-0.25, -0.2) is 4.98 Å². The minimum absolute atomic E-state index is 0.232. The Morgan fingerprint density at radius 2 is 2.06 bits per heavy atom. The van der Waals surface area contributed by atoms with Crippen molar-refractivity contribution in [1.29, 1.82) is 0 Å². The van der Waals surface area contributed by atoms with Crippen molar-refractivity contribution in [2.45, 2.75) is 33.1 Å². The second-order valence-corrected chi connectivity index (χ2v) is 9.25. The first-order chi connectivity index (χ1) is 15.8. The first-order valence-corrected chi connectivity index (χ1v) is 12.3. The van der Waals surface area contributed by atoms with E-state index in [1.807, 2.05) is 25.1 Å². The fourth-order valence-electron chi connectivity index (χ4n) is 3.14. The quantitative estimate of drug-likeness (QED) is 0.267. The van der Waals surface area contributed by atoms with Gasteiger partial charge in [0, 0.05) is 10.9 Å². The number of nitrogens with two attached hydrogens (primary N) is 1. The van der Waals surface area contributed by atoms with Gasteiger partial charge in [0.15, 0.2) is 18.1 Å². The maximum Gasteiger partial charge on any atom is 0.282 e. The molecule has 0 spiro atoms. The molecule has 1 aromatic heterocycles. The molecule has 0 atom stereocenters. The van der Waals surface area contributed by atoms with Gasteiger partial charge in [-0.15, -0.1) is 0 Å². The third kappa shape index (κ3) is 6.32. The Labute approximate surface area is 213 Å². The van der Waals surface area contributed by atoms with E-state index in [2.05, 4.69) is 55.5 Å². The van der Waals surface area contributed by atoms with Gasteiger partial charge in [-0.2, -0.15) is 9.78 Å². The largest absolute Gasteiger partial charge is 0.490 e. The lowest BCUT2D eigenvalue weighted by Crippen LogP contribution is -2.22. The minimum atomic E-state index is -0.576. The zero-order chi connectivity index (χ0) is 24.0. The van der Waals surface area contributed by atoms with Crippen molar-refractivity contribution in [2.75, 3.05) is 13.2 Å². The van der Waals surface area contributed by atoms with E-state index in [9.17, 15) is 9.59 Å². The van der Waals surface area contributed by atoms with Crippen LogP contribution in [-0.4, -0.2) is 35.0 Å². The summed E-state index contributed by atoms with van der Waals surface area (Å²) in [5.41, 5.74) is 6.32. The van der Waals surface area contributed by atoms with E-state index in [1.54, 1.807) is 18.3 Å². The van der Waals surface area contributed by atoms with E-state index in [1.165, 1.54) is 4.68 Å². The van der Waals surface area contributed by atoms with Crippen molar-refractivity contribution >= 4 is 61.5 Å². The lowest BCUT2D eigenvalue weighted by Gasteiger charge is -2.14. The predicted molar refractivity (Wildman–Crippen MR) is 140 cm³/mol. The standard InChI is InChI=1S/C23H24BrIN4O4/c1-3-5-6-21-28-18-8-7-15(24)11-16(18)23(31)29(21)27-12-14-9-17(25)22(33-13-20(26)30)19(10-14)32-4-2/h7-12H,3-6,13H2,1-2H3,(H2,26,30).